The zero-order valence-corrected chi connectivity index (χ0v) is 12.5. The van der Waals surface area contributed by atoms with E-state index >= 15 is 0 Å². The van der Waals surface area contributed by atoms with E-state index < -0.39 is 10.2 Å². The standard InChI is InChI=1S/C10H21N3O3S2/c1-3-12(8-9(2)10(11)17)18(14,15)13-4-6-16-7-5-13/h9H,3-8H2,1-2H3,(H2,11,17). The zero-order valence-electron chi connectivity index (χ0n) is 10.8. The Morgan fingerprint density at radius 2 is 2.06 bits per heavy atom. The van der Waals surface area contributed by atoms with E-state index in [0.29, 0.717) is 44.4 Å². The summed E-state index contributed by atoms with van der Waals surface area (Å²) in [6.07, 6.45) is 0. The minimum atomic E-state index is -3.43. The molecule has 1 rings (SSSR count). The van der Waals surface area contributed by atoms with Crippen LogP contribution in [0.4, 0.5) is 0 Å². The van der Waals surface area contributed by atoms with Crippen molar-refractivity contribution in [2.24, 2.45) is 11.7 Å². The molecule has 1 atom stereocenters. The molecule has 0 amide bonds. The lowest BCUT2D eigenvalue weighted by atomic mass is 10.2. The quantitative estimate of drug-likeness (QED) is 0.687. The largest absolute Gasteiger partial charge is 0.393 e. The monoisotopic (exact) mass is 295 g/mol. The molecule has 2 N–H and O–H groups in total. The van der Waals surface area contributed by atoms with Crippen LogP contribution in [0, 0.1) is 5.92 Å². The summed E-state index contributed by atoms with van der Waals surface area (Å²) in [5.41, 5.74) is 5.54. The molecule has 18 heavy (non-hydrogen) atoms. The molecule has 0 radical (unpaired) electrons. The fourth-order valence-electron chi connectivity index (χ4n) is 1.72. The Morgan fingerprint density at radius 3 is 2.50 bits per heavy atom. The van der Waals surface area contributed by atoms with Gasteiger partial charge in [-0.3, -0.25) is 0 Å². The predicted molar refractivity (Wildman–Crippen MR) is 74.5 cm³/mol. The van der Waals surface area contributed by atoms with Gasteiger partial charge in [0.25, 0.3) is 10.2 Å². The average Bonchev–Trinajstić information content (AvgIpc) is 2.36. The maximum Gasteiger partial charge on any atom is 0.282 e. The Morgan fingerprint density at radius 1 is 1.50 bits per heavy atom. The highest BCUT2D eigenvalue weighted by molar-refractivity contribution is 7.86. The Bertz CT molecular complexity index is 380. The predicted octanol–water partition coefficient (Wildman–Crippen LogP) is -0.192. The van der Waals surface area contributed by atoms with Crippen molar-refractivity contribution in [3.05, 3.63) is 0 Å². The van der Waals surface area contributed by atoms with Crippen molar-refractivity contribution in [2.45, 2.75) is 13.8 Å². The van der Waals surface area contributed by atoms with Gasteiger partial charge in [-0.2, -0.15) is 17.0 Å². The molecule has 1 unspecified atom stereocenters. The molecule has 0 aliphatic carbocycles. The van der Waals surface area contributed by atoms with E-state index in [-0.39, 0.29) is 5.92 Å². The normalized spacial score (nSPS) is 19.9. The molecule has 0 spiro atoms. The van der Waals surface area contributed by atoms with Crippen LogP contribution >= 0.6 is 12.2 Å². The molecular formula is C10H21N3O3S2. The molecule has 0 aromatic carbocycles. The fraction of sp³-hybridized carbons (Fsp3) is 0.900. The van der Waals surface area contributed by atoms with Crippen molar-refractivity contribution in [1.29, 1.82) is 0 Å². The topological polar surface area (TPSA) is 75.9 Å². The highest BCUT2D eigenvalue weighted by Crippen LogP contribution is 2.13. The Kier molecular flexibility index (Phi) is 5.93. The van der Waals surface area contributed by atoms with Gasteiger partial charge in [0.05, 0.1) is 18.2 Å². The molecule has 1 aliphatic heterocycles. The third kappa shape index (κ3) is 3.86. The van der Waals surface area contributed by atoms with Crippen molar-refractivity contribution >= 4 is 27.4 Å². The van der Waals surface area contributed by atoms with E-state index in [2.05, 4.69) is 0 Å². The first kappa shape index (κ1) is 15.8. The molecule has 0 aromatic rings. The number of rotatable bonds is 6. The number of hydrogen-bond acceptors (Lipinski definition) is 4. The van der Waals surface area contributed by atoms with Crippen molar-refractivity contribution in [3.8, 4) is 0 Å². The van der Waals surface area contributed by atoms with E-state index in [0.717, 1.165) is 0 Å². The van der Waals surface area contributed by atoms with Gasteiger partial charge in [0.15, 0.2) is 0 Å². The number of hydrogen-bond donors (Lipinski definition) is 1. The van der Waals surface area contributed by atoms with Crippen LogP contribution in [0.1, 0.15) is 13.8 Å². The summed E-state index contributed by atoms with van der Waals surface area (Å²) in [5.74, 6) is -0.129. The maximum atomic E-state index is 12.4. The molecule has 0 bridgehead atoms. The summed E-state index contributed by atoms with van der Waals surface area (Å²) in [6.45, 7) is 6.08. The first-order valence-corrected chi connectivity index (χ1v) is 7.82. The third-order valence-electron chi connectivity index (χ3n) is 2.94. The van der Waals surface area contributed by atoms with E-state index in [9.17, 15) is 8.42 Å². The number of nitrogens with zero attached hydrogens (tertiary/aromatic N) is 2. The summed E-state index contributed by atoms with van der Waals surface area (Å²) in [7, 11) is -3.43. The number of morpholine rings is 1. The zero-order chi connectivity index (χ0) is 13.8. The molecule has 8 heteroatoms. The van der Waals surface area contributed by atoms with Crippen molar-refractivity contribution < 1.29 is 13.2 Å². The minimum absolute atomic E-state index is 0.129. The van der Waals surface area contributed by atoms with Gasteiger partial charge in [0.1, 0.15) is 0 Å². The smallest absolute Gasteiger partial charge is 0.282 e. The van der Waals surface area contributed by atoms with E-state index in [1.807, 2.05) is 13.8 Å². The lowest BCUT2D eigenvalue weighted by Crippen LogP contribution is -2.50. The lowest BCUT2D eigenvalue weighted by molar-refractivity contribution is 0.0701. The Balaban J connectivity index is 2.75. The van der Waals surface area contributed by atoms with Crippen LogP contribution in [-0.4, -0.2) is 61.4 Å². The molecule has 1 heterocycles. The molecule has 106 valence electrons. The van der Waals surface area contributed by atoms with E-state index in [1.54, 1.807) is 0 Å². The molecule has 1 fully saturated rings. The second-order valence-electron chi connectivity index (χ2n) is 4.27. The fourth-order valence-corrected chi connectivity index (χ4v) is 3.47. The van der Waals surface area contributed by atoms with Gasteiger partial charge in [0.2, 0.25) is 0 Å². The Hall–Kier alpha value is -0.280. The van der Waals surface area contributed by atoms with E-state index in [1.165, 1.54) is 8.61 Å². The number of ether oxygens (including phenoxy) is 1. The maximum absolute atomic E-state index is 12.4. The van der Waals surface area contributed by atoms with Crippen LogP contribution in [-0.2, 0) is 14.9 Å². The van der Waals surface area contributed by atoms with Crippen LogP contribution < -0.4 is 5.73 Å². The van der Waals surface area contributed by atoms with Gasteiger partial charge in [-0.1, -0.05) is 26.1 Å². The van der Waals surface area contributed by atoms with Gasteiger partial charge in [-0.25, -0.2) is 0 Å². The minimum Gasteiger partial charge on any atom is -0.393 e. The average molecular weight is 295 g/mol. The van der Waals surface area contributed by atoms with Crippen LogP contribution in [0.2, 0.25) is 0 Å². The Labute approximate surface area is 114 Å². The molecule has 1 saturated heterocycles. The van der Waals surface area contributed by atoms with Gasteiger partial charge < -0.3 is 10.5 Å². The van der Waals surface area contributed by atoms with Crippen LogP contribution in [0.5, 0.6) is 0 Å². The van der Waals surface area contributed by atoms with E-state index in [4.69, 9.17) is 22.7 Å². The van der Waals surface area contributed by atoms with Crippen LogP contribution in [0.25, 0.3) is 0 Å². The summed E-state index contributed by atoms with van der Waals surface area (Å²) in [4.78, 5) is 0.339. The second kappa shape index (κ2) is 6.76. The van der Waals surface area contributed by atoms with Gasteiger partial charge in [-0.15, -0.1) is 0 Å². The van der Waals surface area contributed by atoms with Gasteiger partial charge in [-0.05, 0) is 0 Å². The molecule has 0 aromatic heterocycles. The lowest BCUT2D eigenvalue weighted by Gasteiger charge is -2.32. The van der Waals surface area contributed by atoms with Gasteiger partial charge in [0, 0.05) is 32.1 Å². The molecule has 1 aliphatic rings. The van der Waals surface area contributed by atoms with Crippen molar-refractivity contribution in [3.63, 3.8) is 0 Å². The molecular weight excluding hydrogens is 274 g/mol. The first-order chi connectivity index (χ1) is 8.39. The van der Waals surface area contributed by atoms with Crippen molar-refractivity contribution in [2.75, 3.05) is 39.4 Å². The summed E-state index contributed by atoms with van der Waals surface area (Å²) in [6, 6.07) is 0. The van der Waals surface area contributed by atoms with Crippen LogP contribution in [0.15, 0.2) is 0 Å². The third-order valence-corrected chi connectivity index (χ3v) is 5.42. The van der Waals surface area contributed by atoms with Crippen molar-refractivity contribution in [1.82, 2.24) is 8.61 Å². The molecule has 6 nitrogen and oxygen atoms in total. The summed E-state index contributed by atoms with van der Waals surface area (Å²) in [5, 5.41) is 0. The van der Waals surface area contributed by atoms with Gasteiger partial charge >= 0.3 is 0 Å². The number of thiocarbonyl (C=S) groups is 1. The summed E-state index contributed by atoms with van der Waals surface area (Å²) < 4.78 is 32.8. The molecule has 0 saturated carbocycles. The first-order valence-electron chi connectivity index (χ1n) is 6.01. The SMILES string of the molecule is CCN(CC(C)C(N)=S)S(=O)(=O)N1CCOCC1. The highest BCUT2D eigenvalue weighted by Gasteiger charge is 2.31. The summed E-state index contributed by atoms with van der Waals surface area (Å²) >= 11 is 4.89. The highest BCUT2D eigenvalue weighted by atomic mass is 32.2. The van der Waals surface area contributed by atoms with Crippen LogP contribution in [0.3, 0.4) is 0 Å². The second-order valence-corrected chi connectivity index (χ2v) is 6.67. The number of nitrogens with two attached hydrogens (primary N) is 1.